The van der Waals surface area contributed by atoms with E-state index in [2.05, 4.69) is 15.5 Å². The lowest BCUT2D eigenvalue weighted by Crippen LogP contribution is -1.97. The van der Waals surface area contributed by atoms with E-state index >= 15 is 0 Å². The molecule has 1 N–H and O–H groups in total. The Labute approximate surface area is 125 Å². The van der Waals surface area contributed by atoms with Crippen LogP contribution in [0.4, 0.5) is 9.52 Å². The molecule has 0 aliphatic heterocycles. The molecule has 1 heterocycles. The number of ketones is 1. The summed E-state index contributed by atoms with van der Waals surface area (Å²) in [4.78, 5) is 21.3. The third kappa shape index (κ3) is 4.35. The molecule has 0 unspecified atom stereocenters. The van der Waals surface area contributed by atoms with Crippen molar-refractivity contribution < 1.29 is 14.0 Å². The maximum Gasteiger partial charge on any atom is 0.183 e. The number of oxime groups is 1. The highest BCUT2D eigenvalue weighted by Gasteiger charge is 2.08. The molecule has 5 nitrogen and oxygen atoms in total. The van der Waals surface area contributed by atoms with E-state index in [1.54, 1.807) is 25.2 Å². The van der Waals surface area contributed by atoms with Crippen molar-refractivity contribution in [2.45, 2.75) is 13.0 Å². The molecule has 0 atom stereocenters. The number of nitrogens with zero attached hydrogens (tertiary/aromatic N) is 2. The van der Waals surface area contributed by atoms with Crippen molar-refractivity contribution in [3.8, 4) is 0 Å². The molecule has 0 spiro atoms. The minimum Gasteiger partial charge on any atom is -0.391 e. The molecular formula is C14H14FN3O2S. The van der Waals surface area contributed by atoms with Crippen molar-refractivity contribution in [3.63, 3.8) is 0 Å². The van der Waals surface area contributed by atoms with Gasteiger partial charge in [-0.1, -0.05) is 34.7 Å². The molecule has 1 aromatic carbocycles. The summed E-state index contributed by atoms with van der Waals surface area (Å²) in [5.74, 6) is -0.430. The van der Waals surface area contributed by atoms with Gasteiger partial charge in [0.05, 0.1) is 23.7 Å². The van der Waals surface area contributed by atoms with Gasteiger partial charge in [0.15, 0.2) is 10.9 Å². The molecule has 0 aliphatic rings. The number of halogens is 1. The number of hydrogen-bond acceptors (Lipinski definition) is 6. The van der Waals surface area contributed by atoms with Gasteiger partial charge >= 0.3 is 0 Å². The van der Waals surface area contributed by atoms with Gasteiger partial charge in [-0.3, -0.25) is 4.79 Å². The predicted molar refractivity (Wildman–Crippen MR) is 80.3 cm³/mol. The fourth-order valence-electron chi connectivity index (χ4n) is 1.51. The van der Waals surface area contributed by atoms with E-state index < -0.39 is 0 Å². The predicted octanol–water partition coefficient (Wildman–Crippen LogP) is 3.10. The number of aromatic nitrogens is 1. The molecule has 7 heteroatoms. The Kier molecular flexibility index (Phi) is 5.39. The first-order valence-corrected chi connectivity index (χ1v) is 7.06. The van der Waals surface area contributed by atoms with Crippen LogP contribution in [-0.2, 0) is 11.4 Å². The highest BCUT2D eigenvalue weighted by Crippen LogP contribution is 2.18. The van der Waals surface area contributed by atoms with Gasteiger partial charge in [0.1, 0.15) is 12.4 Å². The number of carbonyl (C=O) groups excluding carboxylic acids is 1. The van der Waals surface area contributed by atoms with Crippen molar-refractivity contribution in [1.82, 2.24) is 4.98 Å². The van der Waals surface area contributed by atoms with Gasteiger partial charge in [0, 0.05) is 12.6 Å². The van der Waals surface area contributed by atoms with E-state index in [1.165, 1.54) is 29.8 Å². The summed E-state index contributed by atoms with van der Waals surface area (Å²) in [6.07, 6.45) is 3.00. The number of Topliss-reactive ketones (excluding diaryl/α,β-unsaturated/α-hetero) is 1. The molecule has 0 aliphatic carbocycles. The molecule has 110 valence electrons. The first-order chi connectivity index (χ1) is 10.2. The van der Waals surface area contributed by atoms with Crippen LogP contribution in [0.3, 0.4) is 0 Å². The molecule has 0 radical (unpaired) electrons. The molecule has 2 aromatic rings. The third-order valence-electron chi connectivity index (χ3n) is 2.60. The molecule has 0 saturated carbocycles. The number of rotatable bonds is 7. The minimum atomic E-state index is -0.340. The SMILES string of the molecule is CNc1ncc(C(=O)C/C=N\OCc2ccccc2F)s1. The zero-order valence-electron chi connectivity index (χ0n) is 11.4. The van der Waals surface area contributed by atoms with Crippen LogP contribution in [0, 0.1) is 5.82 Å². The normalized spacial score (nSPS) is 10.8. The van der Waals surface area contributed by atoms with E-state index in [0.717, 1.165) is 0 Å². The lowest BCUT2D eigenvalue weighted by Gasteiger charge is -2.00. The molecule has 2 rings (SSSR count). The van der Waals surface area contributed by atoms with Crippen molar-refractivity contribution in [1.29, 1.82) is 0 Å². The van der Waals surface area contributed by atoms with Crippen LogP contribution in [-0.4, -0.2) is 24.0 Å². The van der Waals surface area contributed by atoms with Gasteiger partial charge in [0.25, 0.3) is 0 Å². The van der Waals surface area contributed by atoms with E-state index in [-0.39, 0.29) is 24.6 Å². The van der Waals surface area contributed by atoms with Crippen LogP contribution in [0.2, 0.25) is 0 Å². The maximum atomic E-state index is 13.3. The summed E-state index contributed by atoms with van der Waals surface area (Å²) in [6.45, 7) is 0.0296. The van der Waals surface area contributed by atoms with Gasteiger partial charge in [-0.15, -0.1) is 0 Å². The van der Waals surface area contributed by atoms with Crippen LogP contribution in [0.15, 0.2) is 35.6 Å². The summed E-state index contributed by atoms with van der Waals surface area (Å²) >= 11 is 1.28. The summed E-state index contributed by atoms with van der Waals surface area (Å²) in [6, 6.07) is 6.30. The van der Waals surface area contributed by atoms with Crippen LogP contribution in [0.25, 0.3) is 0 Å². The summed E-state index contributed by atoms with van der Waals surface area (Å²) < 4.78 is 13.3. The van der Waals surface area contributed by atoms with E-state index in [1.807, 2.05) is 0 Å². The first-order valence-electron chi connectivity index (χ1n) is 6.24. The molecule has 0 fully saturated rings. The smallest absolute Gasteiger partial charge is 0.183 e. The zero-order valence-corrected chi connectivity index (χ0v) is 12.2. The topological polar surface area (TPSA) is 63.6 Å². The Bertz CT molecular complexity index is 643. The Hall–Kier alpha value is -2.28. The van der Waals surface area contributed by atoms with Crippen molar-refractivity contribution >= 4 is 28.5 Å². The van der Waals surface area contributed by atoms with Crippen molar-refractivity contribution in [3.05, 3.63) is 46.7 Å². The van der Waals surface area contributed by atoms with Gasteiger partial charge < -0.3 is 10.2 Å². The molecule has 0 amide bonds. The fraction of sp³-hybridized carbons (Fsp3) is 0.214. The largest absolute Gasteiger partial charge is 0.391 e. The maximum absolute atomic E-state index is 13.3. The molecule has 0 saturated heterocycles. The van der Waals surface area contributed by atoms with Crippen LogP contribution in [0.1, 0.15) is 21.7 Å². The van der Waals surface area contributed by atoms with Crippen LogP contribution < -0.4 is 5.32 Å². The molecule has 1 aromatic heterocycles. The minimum absolute atomic E-state index is 0.0296. The molecule has 0 bridgehead atoms. The van der Waals surface area contributed by atoms with E-state index in [0.29, 0.717) is 15.6 Å². The summed E-state index contributed by atoms with van der Waals surface area (Å²) in [7, 11) is 1.74. The Morgan fingerprint density at radius 2 is 2.33 bits per heavy atom. The number of benzene rings is 1. The second-order valence-corrected chi connectivity index (χ2v) is 5.09. The second-order valence-electron chi connectivity index (χ2n) is 4.06. The summed E-state index contributed by atoms with van der Waals surface area (Å²) in [5, 5.41) is 7.21. The quantitative estimate of drug-likeness (QED) is 0.485. The van der Waals surface area contributed by atoms with Crippen LogP contribution in [0.5, 0.6) is 0 Å². The van der Waals surface area contributed by atoms with E-state index in [9.17, 15) is 9.18 Å². The first kappa shape index (κ1) is 15.1. The third-order valence-corrected chi connectivity index (χ3v) is 3.65. The number of nitrogens with one attached hydrogen (secondary N) is 1. The van der Waals surface area contributed by atoms with Gasteiger partial charge in [-0.2, -0.15) is 0 Å². The van der Waals surface area contributed by atoms with Gasteiger partial charge in [0.2, 0.25) is 0 Å². The lowest BCUT2D eigenvalue weighted by atomic mass is 10.2. The van der Waals surface area contributed by atoms with Crippen LogP contribution >= 0.6 is 11.3 Å². The Balaban J connectivity index is 1.78. The lowest BCUT2D eigenvalue weighted by molar-refractivity contribution is 0.0999. The number of anilines is 1. The zero-order chi connectivity index (χ0) is 15.1. The highest BCUT2D eigenvalue weighted by molar-refractivity contribution is 7.17. The summed E-state index contributed by atoms with van der Waals surface area (Å²) in [5.41, 5.74) is 0.419. The Morgan fingerprint density at radius 1 is 1.52 bits per heavy atom. The van der Waals surface area contributed by atoms with E-state index in [4.69, 9.17) is 4.84 Å². The highest BCUT2D eigenvalue weighted by atomic mass is 32.1. The second kappa shape index (κ2) is 7.49. The average Bonchev–Trinajstić information content (AvgIpc) is 2.97. The average molecular weight is 307 g/mol. The van der Waals surface area contributed by atoms with Gasteiger partial charge in [-0.05, 0) is 6.07 Å². The number of carbonyl (C=O) groups is 1. The number of hydrogen-bond donors (Lipinski definition) is 1. The number of thiazole rings is 1. The monoisotopic (exact) mass is 307 g/mol. The standard InChI is InChI=1S/C14H14FN3O2S/c1-16-14-17-8-13(21-14)12(19)6-7-18-20-9-10-4-2-3-5-11(10)15/h2-5,7-8H,6,9H2,1H3,(H,16,17)/b18-7-. The van der Waals surface area contributed by atoms with Crippen molar-refractivity contribution in [2.75, 3.05) is 12.4 Å². The Morgan fingerprint density at radius 3 is 3.05 bits per heavy atom. The molecular weight excluding hydrogens is 293 g/mol. The molecule has 21 heavy (non-hydrogen) atoms. The fourth-order valence-corrected chi connectivity index (χ4v) is 2.23. The van der Waals surface area contributed by atoms with Gasteiger partial charge in [-0.25, -0.2) is 9.37 Å². The van der Waals surface area contributed by atoms with Crippen molar-refractivity contribution in [2.24, 2.45) is 5.16 Å².